The highest BCUT2D eigenvalue weighted by molar-refractivity contribution is 5.81. The molecule has 0 atom stereocenters. The molecule has 0 unspecified atom stereocenters. The van der Waals surface area contributed by atoms with Crippen LogP contribution >= 0.6 is 0 Å². The van der Waals surface area contributed by atoms with E-state index in [0.29, 0.717) is 11.2 Å². The molecule has 0 aromatic rings. The third kappa shape index (κ3) is 1.62. The fraction of sp³-hybridized carbons (Fsp3) is 0.917. The van der Waals surface area contributed by atoms with E-state index in [0.717, 1.165) is 58.2 Å². The van der Waals surface area contributed by atoms with Crippen LogP contribution in [-0.4, -0.2) is 24.8 Å². The predicted molar refractivity (Wildman–Crippen MR) is 54.4 cm³/mol. The van der Waals surface area contributed by atoms with Crippen molar-refractivity contribution < 1.29 is 14.3 Å². The highest BCUT2D eigenvalue weighted by atomic mass is 16.7. The standard InChI is InChI=1S/C12H18O3/c13-10-1-2-11(9-10)3-5-12(6-4-11)14-7-8-15-12/h1-9H2. The highest BCUT2D eigenvalue weighted by Crippen LogP contribution is 2.51. The molecule has 0 aromatic heterocycles. The quantitative estimate of drug-likeness (QED) is 0.613. The van der Waals surface area contributed by atoms with Crippen LogP contribution in [0, 0.1) is 5.41 Å². The largest absolute Gasteiger partial charge is 0.348 e. The smallest absolute Gasteiger partial charge is 0.168 e. The van der Waals surface area contributed by atoms with Gasteiger partial charge >= 0.3 is 0 Å². The van der Waals surface area contributed by atoms with Crippen LogP contribution in [0.3, 0.4) is 0 Å². The lowest BCUT2D eigenvalue weighted by Crippen LogP contribution is -2.39. The number of carbonyl (C=O) groups excluding carboxylic acids is 1. The van der Waals surface area contributed by atoms with Crippen molar-refractivity contribution in [1.82, 2.24) is 0 Å². The first-order chi connectivity index (χ1) is 7.22. The van der Waals surface area contributed by atoms with E-state index in [2.05, 4.69) is 0 Å². The zero-order valence-electron chi connectivity index (χ0n) is 9.09. The minimum Gasteiger partial charge on any atom is -0.348 e. The summed E-state index contributed by atoms with van der Waals surface area (Å²) in [5, 5.41) is 0. The van der Waals surface area contributed by atoms with Gasteiger partial charge in [-0.1, -0.05) is 0 Å². The fourth-order valence-corrected chi connectivity index (χ4v) is 3.37. The second kappa shape index (κ2) is 3.29. The summed E-state index contributed by atoms with van der Waals surface area (Å²) in [7, 11) is 0. The molecular weight excluding hydrogens is 192 g/mol. The fourth-order valence-electron chi connectivity index (χ4n) is 3.37. The first kappa shape index (κ1) is 9.79. The van der Waals surface area contributed by atoms with Crippen molar-refractivity contribution in [2.75, 3.05) is 13.2 Å². The van der Waals surface area contributed by atoms with Crippen molar-refractivity contribution in [1.29, 1.82) is 0 Å². The molecule has 0 aromatic carbocycles. The maximum absolute atomic E-state index is 11.4. The lowest BCUT2D eigenvalue weighted by atomic mass is 9.71. The van der Waals surface area contributed by atoms with Crippen LogP contribution in [0.25, 0.3) is 0 Å². The summed E-state index contributed by atoms with van der Waals surface area (Å²) < 4.78 is 11.4. The molecule has 1 aliphatic heterocycles. The maximum Gasteiger partial charge on any atom is 0.168 e. The van der Waals surface area contributed by atoms with Crippen molar-refractivity contribution >= 4 is 5.78 Å². The Hall–Kier alpha value is -0.410. The second-order valence-corrected chi connectivity index (χ2v) is 5.32. The van der Waals surface area contributed by atoms with Crippen LogP contribution in [0.15, 0.2) is 0 Å². The zero-order chi connectivity index (χ0) is 10.4. The molecule has 2 aliphatic carbocycles. The second-order valence-electron chi connectivity index (χ2n) is 5.32. The molecule has 1 heterocycles. The lowest BCUT2D eigenvalue weighted by Gasteiger charge is -2.41. The molecule has 15 heavy (non-hydrogen) atoms. The Morgan fingerprint density at radius 2 is 1.60 bits per heavy atom. The van der Waals surface area contributed by atoms with Crippen LogP contribution in [0.4, 0.5) is 0 Å². The molecule has 0 N–H and O–H groups in total. The molecule has 3 nitrogen and oxygen atoms in total. The molecule has 0 radical (unpaired) electrons. The Labute approximate surface area is 90.1 Å². The van der Waals surface area contributed by atoms with E-state index in [9.17, 15) is 4.79 Å². The normalized spacial score (nSPS) is 32.9. The van der Waals surface area contributed by atoms with Gasteiger partial charge in [-0.3, -0.25) is 4.79 Å². The molecule has 0 bridgehead atoms. The van der Waals surface area contributed by atoms with Gasteiger partial charge in [0.2, 0.25) is 0 Å². The highest BCUT2D eigenvalue weighted by Gasteiger charge is 2.48. The number of carbonyl (C=O) groups is 1. The Morgan fingerprint density at radius 1 is 0.933 bits per heavy atom. The SMILES string of the molecule is O=C1CCC2(CCC3(CC2)OCCO3)C1. The van der Waals surface area contributed by atoms with E-state index < -0.39 is 0 Å². The molecular formula is C12H18O3. The zero-order valence-corrected chi connectivity index (χ0v) is 9.09. The lowest BCUT2D eigenvalue weighted by molar-refractivity contribution is -0.191. The van der Waals surface area contributed by atoms with Crippen LogP contribution in [0.2, 0.25) is 0 Å². The monoisotopic (exact) mass is 210 g/mol. The molecule has 84 valence electrons. The molecule has 1 saturated heterocycles. The van der Waals surface area contributed by atoms with Crippen LogP contribution in [-0.2, 0) is 14.3 Å². The van der Waals surface area contributed by atoms with Gasteiger partial charge < -0.3 is 9.47 Å². The molecule has 3 fully saturated rings. The molecule has 2 saturated carbocycles. The van der Waals surface area contributed by atoms with Crippen molar-refractivity contribution in [2.24, 2.45) is 5.41 Å². The average Bonchev–Trinajstić information content (AvgIpc) is 2.81. The Morgan fingerprint density at radius 3 is 2.13 bits per heavy atom. The van der Waals surface area contributed by atoms with Crippen molar-refractivity contribution in [3.8, 4) is 0 Å². The van der Waals surface area contributed by atoms with Crippen LogP contribution in [0.1, 0.15) is 44.9 Å². The van der Waals surface area contributed by atoms with Gasteiger partial charge in [0.25, 0.3) is 0 Å². The summed E-state index contributed by atoms with van der Waals surface area (Å²) in [5.74, 6) is 0.191. The van der Waals surface area contributed by atoms with E-state index in [1.54, 1.807) is 0 Å². The third-order valence-electron chi connectivity index (χ3n) is 4.39. The van der Waals surface area contributed by atoms with E-state index in [4.69, 9.17) is 9.47 Å². The van der Waals surface area contributed by atoms with Gasteiger partial charge in [-0.15, -0.1) is 0 Å². The van der Waals surface area contributed by atoms with Crippen molar-refractivity contribution in [2.45, 2.75) is 50.7 Å². The number of rotatable bonds is 0. The first-order valence-corrected chi connectivity index (χ1v) is 6.02. The predicted octanol–water partition coefficient (Wildman–Crippen LogP) is 2.04. The van der Waals surface area contributed by atoms with Crippen LogP contribution < -0.4 is 0 Å². The Bertz CT molecular complexity index is 269. The van der Waals surface area contributed by atoms with Gasteiger partial charge in [0.15, 0.2) is 5.79 Å². The minimum absolute atomic E-state index is 0.267. The number of ether oxygens (including phenoxy) is 2. The van der Waals surface area contributed by atoms with Crippen molar-refractivity contribution in [3.05, 3.63) is 0 Å². The molecule has 2 spiro atoms. The molecule has 0 amide bonds. The van der Waals surface area contributed by atoms with Gasteiger partial charge in [-0.25, -0.2) is 0 Å². The Kier molecular flexibility index (Phi) is 2.15. The average molecular weight is 210 g/mol. The van der Waals surface area contributed by atoms with Gasteiger partial charge in [0, 0.05) is 25.7 Å². The number of hydrogen-bond acceptors (Lipinski definition) is 3. The summed E-state index contributed by atoms with van der Waals surface area (Å²) in [6.07, 6.45) is 6.90. The molecule has 3 aliphatic rings. The maximum atomic E-state index is 11.4. The van der Waals surface area contributed by atoms with E-state index >= 15 is 0 Å². The summed E-state index contributed by atoms with van der Waals surface area (Å²) in [6, 6.07) is 0. The summed E-state index contributed by atoms with van der Waals surface area (Å²) in [6.45, 7) is 1.48. The van der Waals surface area contributed by atoms with Gasteiger partial charge in [0.1, 0.15) is 5.78 Å². The van der Waals surface area contributed by atoms with E-state index in [-0.39, 0.29) is 5.79 Å². The summed E-state index contributed by atoms with van der Waals surface area (Å²) in [4.78, 5) is 11.4. The minimum atomic E-state index is -0.267. The third-order valence-corrected chi connectivity index (χ3v) is 4.39. The van der Waals surface area contributed by atoms with Crippen molar-refractivity contribution in [3.63, 3.8) is 0 Å². The molecule has 3 rings (SSSR count). The number of Topliss-reactive ketones (excluding diaryl/α,β-unsaturated/α-hetero) is 1. The number of ketones is 1. The van der Waals surface area contributed by atoms with E-state index in [1.807, 2.05) is 0 Å². The first-order valence-electron chi connectivity index (χ1n) is 6.02. The molecule has 3 heteroatoms. The Balaban J connectivity index is 1.67. The van der Waals surface area contributed by atoms with Gasteiger partial charge in [-0.2, -0.15) is 0 Å². The summed E-state index contributed by atoms with van der Waals surface area (Å²) in [5.41, 5.74) is 0.317. The van der Waals surface area contributed by atoms with Gasteiger partial charge in [-0.05, 0) is 24.7 Å². The van der Waals surface area contributed by atoms with E-state index in [1.165, 1.54) is 0 Å². The summed E-state index contributed by atoms with van der Waals surface area (Å²) >= 11 is 0. The topological polar surface area (TPSA) is 35.5 Å². The van der Waals surface area contributed by atoms with Crippen LogP contribution in [0.5, 0.6) is 0 Å². The number of hydrogen-bond donors (Lipinski definition) is 0. The van der Waals surface area contributed by atoms with Gasteiger partial charge in [0.05, 0.1) is 13.2 Å².